The Bertz CT molecular complexity index is 1100. The first-order valence-corrected chi connectivity index (χ1v) is 11.6. The van der Waals surface area contributed by atoms with Crippen molar-refractivity contribution in [2.45, 2.75) is 50.8 Å². The molecule has 1 saturated heterocycles. The molecule has 166 valence electrons. The van der Waals surface area contributed by atoms with E-state index < -0.39 is 14.9 Å². The average Bonchev–Trinajstić information content (AvgIpc) is 3.27. The summed E-state index contributed by atoms with van der Waals surface area (Å²) in [5.74, 6) is 0. The van der Waals surface area contributed by atoms with Crippen LogP contribution in [-0.2, 0) is 15.4 Å². The Labute approximate surface area is 183 Å². The fourth-order valence-electron chi connectivity index (χ4n) is 3.42. The van der Waals surface area contributed by atoms with E-state index in [1.807, 2.05) is 24.3 Å². The van der Waals surface area contributed by atoms with Gasteiger partial charge in [-0.1, -0.05) is 45.0 Å². The van der Waals surface area contributed by atoms with Crippen LogP contribution < -0.4 is 5.43 Å². The van der Waals surface area contributed by atoms with Gasteiger partial charge in [0, 0.05) is 19.2 Å². The van der Waals surface area contributed by atoms with Gasteiger partial charge in [-0.05, 0) is 48.4 Å². The van der Waals surface area contributed by atoms with Crippen LogP contribution in [0.5, 0.6) is 0 Å². The molecule has 1 aliphatic rings. The van der Waals surface area contributed by atoms with Crippen LogP contribution in [0.1, 0.15) is 51.7 Å². The molecule has 9 heteroatoms. The summed E-state index contributed by atoms with van der Waals surface area (Å²) in [5.41, 5.74) is 5.31. The lowest BCUT2D eigenvalue weighted by molar-refractivity contribution is -0.384. The number of rotatable bonds is 6. The van der Waals surface area contributed by atoms with Gasteiger partial charge >= 0.3 is 0 Å². The highest BCUT2D eigenvalue weighted by Gasteiger charge is 2.29. The van der Waals surface area contributed by atoms with Gasteiger partial charge in [-0.25, -0.2) is 8.42 Å². The number of sulfonamides is 1. The molecule has 0 bridgehead atoms. The molecule has 0 radical (unpaired) electrons. The summed E-state index contributed by atoms with van der Waals surface area (Å²) in [4.78, 5) is 10.9. The molecule has 1 aliphatic heterocycles. The molecule has 2 aromatic carbocycles. The fourth-order valence-corrected chi connectivity index (χ4v) is 4.95. The molecule has 3 rings (SSSR count). The molecule has 0 amide bonds. The molecule has 0 atom stereocenters. The molecule has 1 heterocycles. The monoisotopic (exact) mass is 444 g/mol. The minimum Gasteiger partial charge on any atom is -0.271 e. The minimum absolute atomic E-state index is 0.0413. The van der Waals surface area contributed by atoms with Crippen LogP contribution in [0.25, 0.3) is 0 Å². The SMILES string of the molecule is CC(=NNc1ccc(S(=O)(=O)N2CCCC2)cc1[N+](=O)[O-])c1ccc(C(C)(C)C)cc1. The maximum atomic E-state index is 12.7. The van der Waals surface area contributed by atoms with Crippen LogP contribution in [0.4, 0.5) is 11.4 Å². The van der Waals surface area contributed by atoms with E-state index in [9.17, 15) is 18.5 Å². The number of nitro groups is 1. The number of hydrogen-bond donors (Lipinski definition) is 1. The normalized spacial score (nSPS) is 15.8. The highest BCUT2D eigenvalue weighted by molar-refractivity contribution is 7.89. The molecule has 0 aromatic heterocycles. The summed E-state index contributed by atoms with van der Waals surface area (Å²) >= 11 is 0. The van der Waals surface area contributed by atoms with Gasteiger partial charge in [0.05, 0.1) is 15.5 Å². The molecule has 1 N–H and O–H groups in total. The Kier molecular flexibility index (Phi) is 6.47. The largest absolute Gasteiger partial charge is 0.295 e. The van der Waals surface area contributed by atoms with Gasteiger partial charge in [0.1, 0.15) is 5.69 Å². The van der Waals surface area contributed by atoms with Gasteiger partial charge in [0.15, 0.2) is 0 Å². The summed E-state index contributed by atoms with van der Waals surface area (Å²) < 4.78 is 26.8. The summed E-state index contributed by atoms with van der Waals surface area (Å²) in [6.07, 6.45) is 1.59. The van der Waals surface area contributed by atoms with Crippen LogP contribution in [0.3, 0.4) is 0 Å². The minimum atomic E-state index is -3.74. The van der Waals surface area contributed by atoms with Crippen molar-refractivity contribution in [1.82, 2.24) is 4.31 Å². The van der Waals surface area contributed by atoms with Crippen molar-refractivity contribution in [1.29, 1.82) is 0 Å². The van der Waals surface area contributed by atoms with Gasteiger partial charge in [-0.3, -0.25) is 15.5 Å². The predicted octanol–water partition coefficient (Wildman–Crippen LogP) is 4.51. The second-order valence-corrected chi connectivity index (χ2v) is 10.6. The third kappa shape index (κ3) is 5.11. The maximum absolute atomic E-state index is 12.7. The van der Waals surface area contributed by atoms with Crippen LogP contribution in [0, 0.1) is 10.1 Å². The first-order chi connectivity index (χ1) is 14.5. The molecular weight excluding hydrogens is 416 g/mol. The van der Waals surface area contributed by atoms with Crippen molar-refractivity contribution in [2.75, 3.05) is 18.5 Å². The first-order valence-electron chi connectivity index (χ1n) is 10.2. The smallest absolute Gasteiger partial charge is 0.271 e. The number of hydrazone groups is 1. The van der Waals surface area contributed by atoms with Gasteiger partial charge in [-0.2, -0.15) is 9.41 Å². The Balaban J connectivity index is 1.85. The lowest BCUT2D eigenvalue weighted by Gasteiger charge is -2.19. The Morgan fingerprint density at radius 1 is 1.10 bits per heavy atom. The second-order valence-electron chi connectivity index (χ2n) is 8.68. The molecule has 1 fully saturated rings. The number of benzene rings is 2. The van der Waals surface area contributed by atoms with Crippen molar-refractivity contribution in [2.24, 2.45) is 5.10 Å². The molecular formula is C22H28N4O4S. The summed E-state index contributed by atoms with van der Waals surface area (Å²) in [5, 5.41) is 15.8. The average molecular weight is 445 g/mol. The van der Waals surface area contributed by atoms with E-state index in [2.05, 4.69) is 31.3 Å². The number of nitrogens with one attached hydrogen (secondary N) is 1. The molecule has 0 aliphatic carbocycles. The predicted molar refractivity (Wildman–Crippen MR) is 122 cm³/mol. The van der Waals surface area contributed by atoms with E-state index in [1.165, 1.54) is 22.0 Å². The summed E-state index contributed by atoms with van der Waals surface area (Å²) in [6.45, 7) is 9.09. The zero-order valence-electron chi connectivity index (χ0n) is 18.3. The number of nitrogens with zero attached hydrogens (tertiary/aromatic N) is 3. The van der Waals surface area contributed by atoms with E-state index in [4.69, 9.17) is 0 Å². The van der Waals surface area contributed by atoms with Crippen molar-refractivity contribution in [3.8, 4) is 0 Å². The van der Waals surface area contributed by atoms with Crippen molar-refractivity contribution in [3.63, 3.8) is 0 Å². The van der Waals surface area contributed by atoms with E-state index in [0.29, 0.717) is 18.8 Å². The van der Waals surface area contributed by atoms with Crippen molar-refractivity contribution < 1.29 is 13.3 Å². The molecule has 8 nitrogen and oxygen atoms in total. The quantitative estimate of drug-likeness (QED) is 0.401. The first kappa shape index (κ1) is 22.9. The number of nitro benzene ring substituents is 1. The molecule has 0 unspecified atom stereocenters. The second kappa shape index (κ2) is 8.76. The lowest BCUT2D eigenvalue weighted by Crippen LogP contribution is -2.27. The number of anilines is 1. The van der Waals surface area contributed by atoms with Crippen LogP contribution in [-0.4, -0.2) is 36.4 Å². The van der Waals surface area contributed by atoms with Gasteiger partial charge in [-0.15, -0.1) is 0 Å². The van der Waals surface area contributed by atoms with Crippen LogP contribution in [0.2, 0.25) is 0 Å². The zero-order valence-corrected chi connectivity index (χ0v) is 19.1. The van der Waals surface area contributed by atoms with Gasteiger partial charge < -0.3 is 0 Å². The zero-order chi connectivity index (χ0) is 22.8. The van der Waals surface area contributed by atoms with Crippen molar-refractivity contribution >= 4 is 27.1 Å². The maximum Gasteiger partial charge on any atom is 0.295 e. The van der Waals surface area contributed by atoms with Crippen LogP contribution in [0.15, 0.2) is 52.5 Å². The van der Waals surface area contributed by atoms with Gasteiger partial charge in [0.25, 0.3) is 5.69 Å². The third-order valence-corrected chi connectivity index (χ3v) is 7.28. The van der Waals surface area contributed by atoms with E-state index in [1.54, 1.807) is 6.92 Å². The molecule has 0 spiro atoms. The lowest BCUT2D eigenvalue weighted by atomic mass is 9.86. The summed E-state index contributed by atoms with van der Waals surface area (Å²) in [7, 11) is -3.74. The van der Waals surface area contributed by atoms with Gasteiger partial charge in [0.2, 0.25) is 10.0 Å². The highest BCUT2D eigenvalue weighted by Crippen LogP contribution is 2.30. The number of hydrogen-bond acceptors (Lipinski definition) is 6. The topological polar surface area (TPSA) is 105 Å². The Morgan fingerprint density at radius 2 is 1.71 bits per heavy atom. The standard InChI is InChI=1S/C22H28N4O4S/c1-16(17-7-9-18(10-8-17)22(2,3)4)23-24-20-12-11-19(15-21(20)26(27)28)31(29,30)25-13-5-6-14-25/h7-12,15,24H,5-6,13-14H2,1-4H3. The van der Waals surface area contributed by atoms with E-state index in [-0.39, 0.29) is 21.7 Å². The Morgan fingerprint density at radius 3 is 2.26 bits per heavy atom. The van der Waals surface area contributed by atoms with E-state index in [0.717, 1.165) is 24.5 Å². The highest BCUT2D eigenvalue weighted by atomic mass is 32.2. The molecule has 0 saturated carbocycles. The van der Waals surface area contributed by atoms with Crippen molar-refractivity contribution in [3.05, 3.63) is 63.7 Å². The fraction of sp³-hybridized carbons (Fsp3) is 0.409. The molecule has 31 heavy (non-hydrogen) atoms. The summed E-state index contributed by atoms with van der Waals surface area (Å²) in [6, 6.07) is 11.9. The van der Waals surface area contributed by atoms with E-state index >= 15 is 0 Å². The third-order valence-electron chi connectivity index (χ3n) is 5.38. The van der Waals surface area contributed by atoms with Crippen LogP contribution >= 0.6 is 0 Å². The Hall–Kier alpha value is -2.78. The molecule has 2 aromatic rings.